The summed E-state index contributed by atoms with van der Waals surface area (Å²) in [5.74, 6) is 0.351. The molecule has 2 aromatic heterocycles. The van der Waals surface area contributed by atoms with Crippen LogP contribution in [-0.2, 0) is 13.6 Å². The molecule has 1 aliphatic rings. The molecular formula is C21H24N4O2. The Hall–Kier alpha value is -2.73. The van der Waals surface area contributed by atoms with Gasteiger partial charge in [-0.25, -0.2) is 4.98 Å². The Morgan fingerprint density at radius 3 is 2.67 bits per heavy atom. The number of nitrogens with zero attached hydrogens (tertiary/aromatic N) is 3. The van der Waals surface area contributed by atoms with Gasteiger partial charge in [-0.2, -0.15) is 5.10 Å². The average Bonchev–Trinajstić information content (AvgIpc) is 3.46. The number of carbonyl (C=O) groups excluding carboxylic acids is 1. The van der Waals surface area contributed by atoms with Crippen LogP contribution in [0.1, 0.15) is 64.7 Å². The monoisotopic (exact) mass is 364 g/mol. The van der Waals surface area contributed by atoms with Gasteiger partial charge in [-0.3, -0.25) is 9.48 Å². The summed E-state index contributed by atoms with van der Waals surface area (Å²) in [6.45, 7) is 4.08. The normalized spacial score (nSPS) is 15.1. The molecule has 0 spiro atoms. The Kier molecular flexibility index (Phi) is 4.44. The summed E-state index contributed by atoms with van der Waals surface area (Å²) in [5.41, 5.74) is 5.06. The molecule has 6 heteroatoms. The second-order valence-electron chi connectivity index (χ2n) is 7.38. The number of rotatable bonds is 5. The summed E-state index contributed by atoms with van der Waals surface area (Å²) < 4.78 is 1.75. The zero-order valence-electron chi connectivity index (χ0n) is 15.9. The highest BCUT2D eigenvalue weighted by atomic mass is 16.3. The smallest absolute Gasteiger partial charge is 0.252 e. The number of hydrogen-bond acceptors (Lipinski definition) is 4. The van der Waals surface area contributed by atoms with E-state index >= 15 is 0 Å². The third-order valence-electron chi connectivity index (χ3n) is 5.14. The zero-order valence-corrected chi connectivity index (χ0v) is 15.9. The van der Waals surface area contributed by atoms with Crippen molar-refractivity contribution >= 4 is 16.9 Å². The number of fused-ring (bicyclic) bond motifs is 1. The van der Waals surface area contributed by atoms with Gasteiger partial charge in [0.1, 0.15) is 0 Å². The highest BCUT2D eigenvalue weighted by Gasteiger charge is 2.28. The number of carbonyl (C=O) groups is 1. The van der Waals surface area contributed by atoms with Crippen molar-refractivity contribution in [3.8, 4) is 0 Å². The Balaban J connectivity index is 1.60. The number of pyridine rings is 1. The molecular weight excluding hydrogens is 340 g/mol. The van der Waals surface area contributed by atoms with E-state index in [0.717, 1.165) is 46.4 Å². The first-order valence-corrected chi connectivity index (χ1v) is 9.33. The van der Waals surface area contributed by atoms with Crippen molar-refractivity contribution in [1.29, 1.82) is 0 Å². The lowest BCUT2D eigenvalue weighted by atomic mass is 10.1. The molecule has 27 heavy (non-hydrogen) atoms. The van der Waals surface area contributed by atoms with Crippen LogP contribution in [0.5, 0.6) is 0 Å². The van der Waals surface area contributed by atoms with E-state index in [1.807, 2.05) is 44.3 Å². The van der Waals surface area contributed by atoms with Gasteiger partial charge in [0.2, 0.25) is 0 Å². The lowest BCUT2D eigenvalue weighted by molar-refractivity contribution is 0.0952. The van der Waals surface area contributed by atoms with Gasteiger partial charge < -0.3 is 10.4 Å². The van der Waals surface area contributed by atoms with Crippen LogP contribution in [0, 0.1) is 6.92 Å². The average molecular weight is 364 g/mol. The fraction of sp³-hybridized carbons (Fsp3) is 0.381. The first-order chi connectivity index (χ1) is 12.9. The number of nitrogens with one attached hydrogen (secondary N) is 1. The molecule has 140 valence electrons. The molecule has 1 aromatic carbocycles. The SMILES string of the molecule is Cc1nn(C)c2nc(C3CC3)cc(C(=O)NCc3ccc([C@@H](C)O)cc3)c12. The summed E-state index contributed by atoms with van der Waals surface area (Å²) in [7, 11) is 1.87. The van der Waals surface area contributed by atoms with Gasteiger partial charge in [0.25, 0.3) is 5.91 Å². The van der Waals surface area contributed by atoms with E-state index in [9.17, 15) is 9.90 Å². The van der Waals surface area contributed by atoms with Crippen molar-refractivity contribution in [2.45, 2.75) is 45.3 Å². The molecule has 2 heterocycles. The first-order valence-electron chi connectivity index (χ1n) is 9.33. The van der Waals surface area contributed by atoms with Crippen LogP contribution >= 0.6 is 0 Å². The molecule has 6 nitrogen and oxygen atoms in total. The molecule has 1 aliphatic carbocycles. The van der Waals surface area contributed by atoms with Crippen LogP contribution in [-0.4, -0.2) is 25.8 Å². The summed E-state index contributed by atoms with van der Waals surface area (Å²) >= 11 is 0. The quantitative estimate of drug-likeness (QED) is 0.729. The van der Waals surface area contributed by atoms with E-state index in [1.165, 1.54) is 0 Å². The van der Waals surface area contributed by atoms with Gasteiger partial charge in [0, 0.05) is 25.2 Å². The van der Waals surface area contributed by atoms with Gasteiger partial charge in [-0.15, -0.1) is 0 Å². The van der Waals surface area contributed by atoms with Crippen LogP contribution in [0.15, 0.2) is 30.3 Å². The Bertz CT molecular complexity index is 1000. The largest absolute Gasteiger partial charge is 0.389 e. The Morgan fingerprint density at radius 1 is 1.33 bits per heavy atom. The molecule has 4 rings (SSSR count). The minimum atomic E-state index is -0.492. The maximum Gasteiger partial charge on any atom is 0.252 e. The van der Waals surface area contributed by atoms with Crippen molar-refractivity contribution in [3.63, 3.8) is 0 Å². The van der Waals surface area contributed by atoms with Crippen LogP contribution in [0.3, 0.4) is 0 Å². The zero-order chi connectivity index (χ0) is 19.1. The third kappa shape index (κ3) is 3.45. The van der Waals surface area contributed by atoms with Crippen LogP contribution in [0.4, 0.5) is 0 Å². The highest BCUT2D eigenvalue weighted by molar-refractivity contribution is 6.06. The lowest BCUT2D eigenvalue weighted by Gasteiger charge is -2.10. The Labute approximate surface area is 158 Å². The fourth-order valence-corrected chi connectivity index (χ4v) is 3.42. The number of aromatic nitrogens is 3. The van der Waals surface area contributed by atoms with Crippen molar-refractivity contribution in [3.05, 3.63) is 58.4 Å². The number of aliphatic hydroxyl groups is 1. The predicted molar refractivity (Wildman–Crippen MR) is 103 cm³/mol. The van der Waals surface area contributed by atoms with Crippen LogP contribution in [0.25, 0.3) is 11.0 Å². The topological polar surface area (TPSA) is 80.0 Å². The number of aliphatic hydroxyl groups excluding tert-OH is 1. The molecule has 0 unspecified atom stereocenters. The van der Waals surface area contributed by atoms with Gasteiger partial charge in [0.05, 0.1) is 22.7 Å². The van der Waals surface area contributed by atoms with Gasteiger partial charge >= 0.3 is 0 Å². The van der Waals surface area contributed by atoms with Crippen molar-refractivity contribution < 1.29 is 9.90 Å². The second-order valence-corrected chi connectivity index (χ2v) is 7.38. The minimum absolute atomic E-state index is 0.111. The van der Waals surface area contributed by atoms with E-state index in [0.29, 0.717) is 18.0 Å². The third-order valence-corrected chi connectivity index (χ3v) is 5.14. The maximum atomic E-state index is 12.9. The summed E-state index contributed by atoms with van der Waals surface area (Å²) in [4.78, 5) is 17.7. The summed E-state index contributed by atoms with van der Waals surface area (Å²) in [6.07, 6.45) is 1.77. The van der Waals surface area contributed by atoms with Crippen LogP contribution < -0.4 is 5.32 Å². The number of benzene rings is 1. The van der Waals surface area contributed by atoms with E-state index in [4.69, 9.17) is 4.98 Å². The van der Waals surface area contributed by atoms with Gasteiger partial charge in [-0.1, -0.05) is 24.3 Å². The maximum absolute atomic E-state index is 12.9. The number of hydrogen-bond donors (Lipinski definition) is 2. The molecule has 1 amide bonds. The predicted octanol–water partition coefficient (Wildman–Crippen LogP) is 3.14. The standard InChI is InChI=1S/C21H24N4O2/c1-12-19-17(10-18(16-8-9-16)23-20(19)25(3)24-12)21(27)22-11-14-4-6-15(7-5-14)13(2)26/h4-7,10,13,16,26H,8-9,11H2,1-3H3,(H,22,27)/t13-/m1/s1. The molecule has 2 N–H and O–H groups in total. The van der Waals surface area contributed by atoms with Crippen molar-refractivity contribution in [1.82, 2.24) is 20.1 Å². The van der Waals surface area contributed by atoms with Crippen LogP contribution in [0.2, 0.25) is 0 Å². The molecule has 0 radical (unpaired) electrons. The van der Waals surface area contributed by atoms with Crippen molar-refractivity contribution in [2.24, 2.45) is 7.05 Å². The van der Waals surface area contributed by atoms with E-state index in [2.05, 4.69) is 10.4 Å². The lowest BCUT2D eigenvalue weighted by Crippen LogP contribution is -2.23. The van der Waals surface area contributed by atoms with E-state index in [-0.39, 0.29) is 5.91 Å². The summed E-state index contributed by atoms with van der Waals surface area (Å²) in [5, 5.41) is 17.9. The Morgan fingerprint density at radius 2 is 2.04 bits per heavy atom. The van der Waals surface area contributed by atoms with E-state index in [1.54, 1.807) is 11.6 Å². The molecule has 1 atom stereocenters. The molecule has 0 aliphatic heterocycles. The molecule has 1 fully saturated rings. The number of amides is 1. The molecule has 0 saturated heterocycles. The van der Waals surface area contributed by atoms with Gasteiger partial charge in [0.15, 0.2) is 5.65 Å². The first kappa shape index (κ1) is 17.7. The second kappa shape index (κ2) is 6.78. The minimum Gasteiger partial charge on any atom is -0.389 e. The summed E-state index contributed by atoms with van der Waals surface area (Å²) in [6, 6.07) is 9.55. The molecule has 1 saturated carbocycles. The fourth-order valence-electron chi connectivity index (χ4n) is 3.42. The number of aryl methyl sites for hydroxylation is 2. The van der Waals surface area contributed by atoms with Crippen molar-refractivity contribution in [2.75, 3.05) is 0 Å². The van der Waals surface area contributed by atoms with E-state index < -0.39 is 6.10 Å². The molecule has 0 bridgehead atoms. The highest BCUT2D eigenvalue weighted by Crippen LogP contribution is 2.40. The molecule has 3 aromatic rings. The van der Waals surface area contributed by atoms with Gasteiger partial charge in [-0.05, 0) is 43.9 Å².